The Morgan fingerprint density at radius 3 is 2.50 bits per heavy atom. The number of rotatable bonds is 5. The van der Waals surface area contributed by atoms with Gasteiger partial charge >= 0.3 is 0 Å². The van der Waals surface area contributed by atoms with Crippen LogP contribution in [0.2, 0.25) is 0 Å². The molecule has 0 aromatic rings. The zero-order chi connectivity index (χ0) is 14.4. The lowest BCUT2D eigenvalue weighted by molar-refractivity contribution is 0.424. The zero-order valence-electron chi connectivity index (χ0n) is 13.9. The van der Waals surface area contributed by atoms with Crippen molar-refractivity contribution in [1.29, 1.82) is 0 Å². The van der Waals surface area contributed by atoms with E-state index in [2.05, 4.69) is 26.8 Å². The molecule has 0 aliphatic heterocycles. The molecule has 0 aromatic heterocycles. The minimum atomic E-state index is 0.125. The van der Waals surface area contributed by atoms with Gasteiger partial charge in [0.15, 0.2) is 0 Å². The van der Waals surface area contributed by atoms with Gasteiger partial charge in [0.25, 0.3) is 0 Å². The molecule has 114 valence electrons. The lowest BCUT2D eigenvalue weighted by Gasteiger charge is -2.30. The van der Waals surface area contributed by atoms with Gasteiger partial charge in [0.2, 0.25) is 0 Å². The third kappa shape index (κ3) is 4.46. The monoisotopic (exact) mass is 275 g/mol. The molecule has 0 amide bonds. The summed E-state index contributed by atoms with van der Waals surface area (Å²) in [5, 5.41) is 0. The van der Waals surface area contributed by atoms with Crippen molar-refractivity contribution in [2.75, 3.05) is 0 Å². The van der Waals surface area contributed by atoms with E-state index in [0.29, 0.717) is 0 Å². The third-order valence-electron chi connectivity index (χ3n) is 4.90. The van der Waals surface area contributed by atoms with E-state index in [4.69, 9.17) is 4.99 Å². The Labute approximate surface area is 126 Å². The van der Waals surface area contributed by atoms with E-state index >= 15 is 0 Å². The van der Waals surface area contributed by atoms with E-state index in [1.165, 1.54) is 76.3 Å². The molecule has 0 unspecified atom stereocenters. The molecular formula is C19H33N. The molecule has 2 rings (SSSR count). The van der Waals surface area contributed by atoms with Crippen molar-refractivity contribution in [1.82, 2.24) is 0 Å². The van der Waals surface area contributed by atoms with Crippen LogP contribution in [0.25, 0.3) is 0 Å². The van der Waals surface area contributed by atoms with Gasteiger partial charge in [-0.1, -0.05) is 38.7 Å². The molecule has 1 nitrogen and oxygen atoms in total. The smallest absolute Gasteiger partial charge is 0.0555 e. The van der Waals surface area contributed by atoms with Gasteiger partial charge in [0.1, 0.15) is 0 Å². The summed E-state index contributed by atoms with van der Waals surface area (Å²) < 4.78 is 0. The predicted octanol–water partition coefficient (Wildman–Crippen LogP) is 6.09. The Bertz CT molecular complexity index is 356. The molecule has 20 heavy (non-hydrogen) atoms. The van der Waals surface area contributed by atoms with Crippen LogP contribution in [0, 0.1) is 5.92 Å². The quantitative estimate of drug-likeness (QED) is 0.539. The maximum Gasteiger partial charge on any atom is 0.0555 e. The number of hydrogen-bond acceptors (Lipinski definition) is 1. The second-order valence-electron chi connectivity index (χ2n) is 7.37. The normalized spacial score (nSPS) is 22.8. The topological polar surface area (TPSA) is 12.4 Å². The van der Waals surface area contributed by atoms with E-state index in [0.717, 1.165) is 5.92 Å². The lowest BCUT2D eigenvalue weighted by atomic mass is 9.80. The summed E-state index contributed by atoms with van der Waals surface area (Å²) in [6.07, 6.45) is 17.2. The number of nitrogens with zero attached hydrogens (tertiary/aromatic N) is 1. The molecule has 1 saturated carbocycles. The predicted molar refractivity (Wildman–Crippen MR) is 89.5 cm³/mol. The van der Waals surface area contributed by atoms with Crippen LogP contribution in [-0.4, -0.2) is 11.3 Å². The van der Waals surface area contributed by atoms with Crippen LogP contribution in [0.15, 0.2) is 16.6 Å². The molecule has 0 aromatic carbocycles. The molecule has 2 aliphatic carbocycles. The summed E-state index contributed by atoms with van der Waals surface area (Å²) >= 11 is 0. The van der Waals surface area contributed by atoms with E-state index in [-0.39, 0.29) is 5.54 Å². The Morgan fingerprint density at radius 1 is 1.15 bits per heavy atom. The number of hydrogen-bond donors (Lipinski definition) is 0. The standard InChI is InChI=1S/C19H33N/c1-4-15-19(2,3)20-18(16-11-7-5-8-12-16)17-13-9-6-10-14-17/h11,17H,4-10,12-15H2,1-3H3. The Balaban J connectivity index is 2.22. The molecular weight excluding hydrogens is 242 g/mol. The largest absolute Gasteiger partial charge is 0.283 e. The van der Waals surface area contributed by atoms with Gasteiger partial charge in [-0.3, -0.25) is 4.99 Å². The van der Waals surface area contributed by atoms with Gasteiger partial charge in [0, 0.05) is 11.6 Å². The first-order chi connectivity index (χ1) is 9.62. The van der Waals surface area contributed by atoms with Crippen molar-refractivity contribution in [2.45, 2.75) is 96.9 Å². The molecule has 0 spiro atoms. The Kier molecular flexibility index (Phi) is 5.86. The lowest BCUT2D eigenvalue weighted by Crippen LogP contribution is -2.27. The summed E-state index contributed by atoms with van der Waals surface area (Å²) in [4.78, 5) is 5.29. The molecule has 0 bridgehead atoms. The number of allylic oxidation sites excluding steroid dienone is 2. The van der Waals surface area contributed by atoms with E-state index < -0.39 is 0 Å². The van der Waals surface area contributed by atoms with Gasteiger partial charge in [0.05, 0.1) is 5.54 Å². The highest BCUT2D eigenvalue weighted by atomic mass is 14.9. The van der Waals surface area contributed by atoms with E-state index in [1.54, 1.807) is 5.57 Å². The molecule has 0 atom stereocenters. The fourth-order valence-corrected chi connectivity index (χ4v) is 3.87. The summed E-state index contributed by atoms with van der Waals surface area (Å²) in [7, 11) is 0. The number of aliphatic imine (C=N–C) groups is 1. The van der Waals surface area contributed by atoms with Crippen molar-refractivity contribution < 1.29 is 0 Å². The summed E-state index contributed by atoms with van der Waals surface area (Å²) in [6, 6.07) is 0. The van der Waals surface area contributed by atoms with Crippen LogP contribution < -0.4 is 0 Å². The highest BCUT2D eigenvalue weighted by molar-refractivity contribution is 6.02. The van der Waals surface area contributed by atoms with E-state index in [9.17, 15) is 0 Å². The maximum atomic E-state index is 5.29. The third-order valence-corrected chi connectivity index (χ3v) is 4.90. The molecule has 1 fully saturated rings. The van der Waals surface area contributed by atoms with Crippen molar-refractivity contribution in [3.63, 3.8) is 0 Å². The maximum absolute atomic E-state index is 5.29. The molecule has 0 radical (unpaired) electrons. The molecule has 0 heterocycles. The first-order valence-corrected chi connectivity index (χ1v) is 8.91. The zero-order valence-corrected chi connectivity index (χ0v) is 13.9. The Hall–Kier alpha value is -0.590. The summed E-state index contributed by atoms with van der Waals surface area (Å²) in [5.41, 5.74) is 3.23. The van der Waals surface area contributed by atoms with Crippen molar-refractivity contribution in [3.05, 3.63) is 11.6 Å². The first kappa shape index (κ1) is 15.8. The van der Waals surface area contributed by atoms with Gasteiger partial charge < -0.3 is 0 Å². The van der Waals surface area contributed by atoms with Crippen LogP contribution in [0.4, 0.5) is 0 Å². The summed E-state index contributed by atoms with van der Waals surface area (Å²) in [5.74, 6) is 0.754. The first-order valence-electron chi connectivity index (χ1n) is 8.91. The fourth-order valence-electron chi connectivity index (χ4n) is 3.87. The second-order valence-corrected chi connectivity index (χ2v) is 7.37. The molecule has 2 aliphatic rings. The van der Waals surface area contributed by atoms with Crippen LogP contribution in [-0.2, 0) is 0 Å². The SMILES string of the molecule is CCCC(C)(C)N=C(C1=CCCCC1)C1CCCCC1. The average Bonchev–Trinajstić information content (AvgIpc) is 2.47. The minimum Gasteiger partial charge on any atom is -0.283 e. The van der Waals surface area contributed by atoms with Crippen molar-refractivity contribution in [3.8, 4) is 0 Å². The molecule has 0 N–H and O–H groups in total. The minimum absolute atomic E-state index is 0.125. The summed E-state index contributed by atoms with van der Waals surface area (Å²) in [6.45, 7) is 6.92. The van der Waals surface area contributed by atoms with Crippen LogP contribution in [0.3, 0.4) is 0 Å². The second kappa shape index (κ2) is 7.43. The van der Waals surface area contributed by atoms with Gasteiger partial charge in [-0.15, -0.1) is 0 Å². The highest BCUT2D eigenvalue weighted by Gasteiger charge is 2.26. The highest BCUT2D eigenvalue weighted by Crippen LogP contribution is 2.32. The van der Waals surface area contributed by atoms with Crippen LogP contribution in [0.5, 0.6) is 0 Å². The van der Waals surface area contributed by atoms with E-state index in [1.807, 2.05) is 0 Å². The van der Waals surface area contributed by atoms with Gasteiger partial charge in [-0.25, -0.2) is 0 Å². The molecule has 0 saturated heterocycles. The van der Waals surface area contributed by atoms with Gasteiger partial charge in [-0.2, -0.15) is 0 Å². The Morgan fingerprint density at radius 2 is 1.90 bits per heavy atom. The van der Waals surface area contributed by atoms with Crippen LogP contribution >= 0.6 is 0 Å². The molecule has 1 heteroatoms. The fraction of sp³-hybridized carbons (Fsp3) is 0.842. The van der Waals surface area contributed by atoms with Crippen molar-refractivity contribution >= 4 is 5.71 Å². The average molecular weight is 275 g/mol. The van der Waals surface area contributed by atoms with Crippen molar-refractivity contribution in [2.24, 2.45) is 10.9 Å². The van der Waals surface area contributed by atoms with Crippen LogP contribution in [0.1, 0.15) is 91.4 Å². The van der Waals surface area contributed by atoms with Gasteiger partial charge in [-0.05, 0) is 64.4 Å².